The zero-order chi connectivity index (χ0) is 13.5. The Labute approximate surface area is 115 Å². The second kappa shape index (κ2) is 7.99. The second-order valence-corrected chi connectivity index (χ2v) is 5.93. The highest BCUT2D eigenvalue weighted by atomic mass is 15.2. The Kier molecular flexibility index (Phi) is 6.99. The summed E-state index contributed by atoms with van der Waals surface area (Å²) in [7, 11) is 2.34. The van der Waals surface area contributed by atoms with Crippen molar-refractivity contribution >= 4 is 0 Å². The van der Waals surface area contributed by atoms with Gasteiger partial charge in [-0.05, 0) is 52.0 Å². The van der Waals surface area contributed by atoms with Gasteiger partial charge in [-0.3, -0.25) is 4.90 Å². The fourth-order valence-corrected chi connectivity index (χ4v) is 3.56. The molecule has 0 aromatic rings. The lowest BCUT2D eigenvalue weighted by Gasteiger charge is -2.38. The number of rotatable bonds is 7. The zero-order valence-corrected chi connectivity index (χ0v) is 13.2. The minimum Gasteiger partial charge on any atom is -0.297 e. The average molecular weight is 251 g/mol. The van der Waals surface area contributed by atoms with Crippen LogP contribution in [0.15, 0.2) is 11.6 Å². The van der Waals surface area contributed by atoms with Crippen LogP contribution in [0.5, 0.6) is 0 Å². The molecule has 1 nitrogen and oxygen atoms in total. The van der Waals surface area contributed by atoms with Gasteiger partial charge in [0.25, 0.3) is 0 Å². The van der Waals surface area contributed by atoms with Crippen LogP contribution >= 0.6 is 0 Å². The van der Waals surface area contributed by atoms with E-state index in [-0.39, 0.29) is 0 Å². The Morgan fingerprint density at radius 1 is 1.11 bits per heavy atom. The summed E-state index contributed by atoms with van der Waals surface area (Å²) in [6.07, 6.45) is 11.8. The Balaban J connectivity index is 2.71. The van der Waals surface area contributed by atoms with E-state index >= 15 is 0 Å². The fourth-order valence-electron chi connectivity index (χ4n) is 3.56. The highest BCUT2D eigenvalue weighted by molar-refractivity contribution is 5.13. The van der Waals surface area contributed by atoms with E-state index in [0.717, 1.165) is 5.92 Å². The largest absolute Gasteiger partial charge is 0.297 e. The van der Waals surface area contributed by atoms with Gasteiger partial charge in [0.1, 0.15) is 0 Å². The number of hydrogen-bond donors (Lipinski definition) is 0. The maximum absolute atomic E-state index is 2.65. The molecular weight excluding hydrogens is 218 g/mol. The molecule has 0 radical (unpaired) electrons. The maximum atomic E-state index is 2.65. The first-order valence-corrected chi connectivity index (χ1v) is 8.06. The predicted octanol–water partition coefficient (Wildman–Crippen LogP) is 5.02. The van der Waals surface area contributed by atoms with Crippen LogP contribution in [0.25, 0.3) is 0 Å². The van der Waals surface area contributed by atoms with Gasteiger partial charge in [0.05, 0.1) is 0 Å². The fraction of sp³-hybridized carbons (Fsp3) is 0.882. The Morgan fingerprint density at radius 3 is 2.22 bits per heavy atom. The van der Waals surface area contributed by atoms with Crippen LogP contribution in [0.4, 0.5) is 0 Å². The molecule has 0 aromatic heterocycles. The van der Waals surface area contributed by atoms with Gasteiger partial charge in [-0.1, -0.05) is 45.3 Å². The molecule has 0 saturated carbocycles. The lowest BCUT2D eigenvalue weighted by molar-refractivity contribution is 0.141. The van der Waals surface area contributed by atoms with Crippen LogP contribution in [0.1, 0.15) is 72.6 Å². The highest BCUT2D eigenvalue weighted by Crippen LogP contribution is 2.28. The van der Waals surface area contributed by atoms with Crippen molar-refractivity contribution in [2.75, 3.05) is 7.05 Å². The molecule has 1 aliphatic carbocycles. The average Bonchev–Trinajstić information content (AvgIpc) is 2.42. The van der Waals surface area contributed by atoms with Crippen molar-refractivity contribution in [3.63, 3.8) is 0 Å². The van der Waals surface area contributed by atoms with Crippen LogP contribution < -0.4 is 0 Å². The van der Waals surface area contributed by atoms with Crippen molar-refractivity contribution in [1.82, 2.24) is 4.90 Å². The smallest absolute Gasteiger partial charge is 0.0304 e. The van der Waals surface area contributed by atoms with Crippen LogP contribution in [-0.4, -0.2) is 24.0 Å². The van der Waals surface area contributed by atoms with Crippen molar-refractivity contribution in [3.8, 4) is 0 Å². The standard InChI is InChI=1S/C17H33N/c1-6-15(7-2)14(4)18(5)17(8-3)16-12-10-9-11-13-16/h12,14-15,17H,6-11,13H2,1-5H3. The first-order valence-electron chi connectivity index (χ1n) is 8.06. The number of likely N-dealkylation sites (N-methyl/N-ethyl adjacent to an activating group) is 1. The highest BCUT2D eigenvalue weighted by Gasteiger charge is 2.26. The van der Waals surface area contributed by atoms with Gasteiger partial charge in [-0.15, -0.1) is 0 Å². The Morgan fingerprint density at radius 2 is 1.78 bits per heavy atom. The van der Waals surface area contributed by atoms with Crippen molar-refractivity contribution < 1.29 is 0 Å². The summed E-state index contributed by atoms with van der Waals surface area (Å²) in [5, 5.41) is 0. The SMILES string of the molecule is CCC(CC)C(C)N(C)C(CC)C1=CCCCC1. The zero-order valence-electron chi connectivity index (χ0n) is 13.2. The molecule has 18 heavy (non-hydrogen) atoms. The lowest BCUT2D eigenvalue weighted by atomic mass is 9.88. The third-order valence-corrected chi connectivity index (χ3v) is 5.01. The molecular formula is C17H33N. The molecule has 0 amide bonds. The van der Waals surface area contributed by atoms with Gasteiger partial charge in [-0.2, -0.15) is 0 Å². The van der Waals surface area contributed by atoms with Crippen molar-refractivity contribution in [1.29, 1.82) is 0 Å². The summed E-state index contributed by atoms with van der Waals surface area (Å²) in [5.41, 5.74) is 1.71. The van der Waals surface area contributed by atoms with E-state index in [4.69, 9.17) is 0 Å². The van der Waals surface area contributed by atoms with Crippen LogP contribution in [0.2, 0.25) is 0 Å². The maximum Gasteiger partial charge on any atom is 0.0304 e. The van der Waals surface area contributed by atoms with Gasteiger partial charge in [-0.25, -0.2) is 0 Å². The van der Waals surface area contributed by atoms with Crippen LogP contribution in [-0.2, 0) is 0 Å². The third-order valence-electron chi connectivity index (χ3n) is 5.01. The van der Waals surface area contributed by atoms with Crippen molar-refractivity contribution in [3.05, 3.63) is 11.6 Å². The normalized spacial score (nSPS) is 20.1. The number of allylic oxidation sites excluding steroid dienone is 1. The van der Waals surface area contributed by atoms with Crippen LogP contribution in [0, 0.1) is 5.92 Å². The Bertz CT molecular complexity index is 252. The molecule has 0 aliphatic heterocycles. The summed E-state index contributed by atoms with van der Waals surface area (Å²) in [6.45, 7) is 9.43. The van der Waals surface area contributed by atoms with Gasteiger partial charge in [0.2, 0.25) is 0 Å². The predicted molar refractivity (Wildman–Crippen MR) is 81.9 cm³/mol. The Hall–Kier alpha value is -0.300. The van der Waals surface area contributed by atoms with E-state index in [0.29, 0.717) is 12.1 Å². The first kappa shape index (κ1) is 15.8. The van der Waals surface area contributed by atoms with Gasteiger partial charge >= 0.3 is 0 Å². The molecule has 0 spiro atoms. The van der Waals surface area contributed by atoms with E-state index in [1.165, 1.54) is 44.9 Å². The van der Waals surface area contributed by atoms with E-state index in [9.17, 15) is 0 Å². The molecule has 2 atom stereocenters. The molecule has 0 saturated heterocycles. The second-order valence-electron chi connectivity index (χ2n) is 5.93. The van der Waals surface area contributed by atoms with E-state index in [1.54, 1.807) is 5.57 Å². The summed E-state index contributed by atoms with van der Waals surface area (Å²) in [6, 6.07) is 1.38. The molecule has 0 N–H and O–H groups in total. The number of hydrogen-bond acceptors (Lipinski definition) is 1. The van der Waals surface area contributed by atoms with Gasteiger partial charge in [0, 0.05) is 12.1 Å². The molecule has 0 bridgehead atoms. The molecule has 0 aromatic carbocycles. The number of nitrogens with zero attached hydrogens (tertiary/aromatic N) is 1. The molecule has 106 valence electrons. The van der Waals surface area contributed by atoms with Gasteiger partial charge in [0.15, 0.2) is 0 Å². The minimum atomic E-state index is 0.681. The van der Waals surface area contributed by atoms with Crippen molar-refractivity contribution in [2.24, 2.45) is 5.92 Å². The molecule has 0 fully saturated rings. The molecule has 0 heterocycles. The van der Waals surface area contributed by atoms with Crippen molar-refractivity contribution in [2.45, 2.75) is 84.7 Å². The monoisotopic (exact) mass is 251 g/mol. The molecule has 1 heteroatoms. The summed E-state index contributed by atoms with van der Waals surface area (Å²) in [4.78, 5) is 2.65. The van der Waals surface area contributed by atoms with E-state index < -0.39 is 0 Å². The molecule has 1 rings (SSSR count). The third kappa shape index (κ3) is 3.85. The topological polar surface area (TPSA) is 3.24 Å². The van der Waals surface area contributed by atoms with E-state index in [1.807, 2.05) is 0 Å². The van der Waals surface area contributed by atoms with Crippen LogP contribution in [0.3, 0.4) is 0 Å². The summed E-state index contributed by atoms with van der Waals surface area (Å²) in [5.74, 6) is 0.841. The minimum absolute atomic E-state index is 0.681. The summed E-state index contributed by atoms with van der Waals surface area (Å²) >= 11 is 0. The molecule has 1 aliphatic rings. The quantitative estimate of drug-likeness (QED) is 0.574. The van der Waals surface area contributed by atoms with E-state index in [2.05, 4.69) is 45.7 Å². The molecule has 2 unspecified atom stereocenters. The van der Waals surface area contributed by atoms with Gasteiger partial charge < -0.3 is 0 Å². The summed E-state index contributed by atoms with van der Waals surface area (Å²) < 4.78 is 0. The lowest BCUT2D eigenvalue weighted by Crippen LogP contribution is -2.43. The first-order chi connectivity index (χ1) is 8.65.